The Morgan fingerprint density at radius 2 is 1.91 bits per heavy atom. The first kappa shape index (κ1) is 16.5. The molecule has 0 aliphatic heterocycles. The molecule has 0 N–H and O–H groups in total. The number of amides is 1. The zero-order valence-electron chi connectivity index (χ0n) is 12.8. The lowest BCUT2D eigenvalue weighted by atomic mass is 10.2. The monoisotopic (exact) mass is 314 g/mol. The van der Waals surface area contributed by atoms with E-state index in [1.165, 1.54) is 18.2 Å². The van der Waals surface area contributed by atoms with Gasteiger partial charge in [0.1, 0.15) is 5.75 Å². The van der Waals surface area contributed by atoms with Crippen molar-refractivity contribution in [3.8, 4) is 5.75 Å². The van der Waals surface area contributed by atoms with E-state index in [0.29, 0.717) is 18.8 Å². The summed E-state index contributed by atoms with van der Waals surface area (Å²) in [5.74, 6) is 0.145. The maximum Gasteiger partial charge on any atom is 0.273 e. The highest BCUT2D eigenvalue weighted by Gasteiger charge is 2.14. The smallest absolute Gasteiger partial charge is 0.273 e. The van der Waals surface area contributed by atoms with Gasteiger partial charge in [0.05, 0.1) is 11.0 Å². The van der Waals surface area contributed by atoms with Crippen LogP contribution >= 0.6 is 0 Å². The standard InChI is InChI=1S/C17H18N2O4/c1-2-18(12-14-7-4-3-5-8-14)17(20)13-23-16-10-6-9-15(11-16)19(21)22/h3-11H,2,12-13H2,1H3. The van der Waals surface area contributed by atoms with E-state index in [9.17, 15) is 14.9 Å². The first-order chi connectivity index (χ1) is 11.1. The van der Waals surface area contributed by atoms with Crippen LogP contribution in [0.25, 0.3) is 0 Å². The Hall–Kier alpha value is -2.89. The SMILES string of the molecule is CCN(Cc1ccccc1)C(=O)COc1cccc([N+](=O)[O-])c1. The van der Waals surface area contributed by atoms with Gasteiger partial charge in [-0.25, -0.2) is 0 Å². The summed E-state index contributed by atoms with van der Waals surface area (Å²) in [4.78, 5) is 24.1. The number of likely N-dealkylation sites (N-methyl/N-ethyl adjacent to an activating group) is 1. The molecular weight excluding hydrogens is 296 g/mol. The van der Waals surface area contributed by atoms with Crippen molar-refractivity contribution in [1.82, 2.24) is 4.90 Å². The van der Waals surface area contributed by atoms with E-state index in [0.717, 1.165) is 5.56 Å². The van der Waals surface area contributed by atoms with Crippen LogP contribution in [0.4, 0.5) is 5.69 Å². The summed E-state index contributed by atoms with van der Waals surface area (Å²) in [6.45, 7) is 2.82. The summed E-state index contributed by atoms with van der Waals surface area (Å²) in [6.07, 6.45) is 0. The Kier molecular flexibility index (Phi) is 5.68. The van der Waals surface area contributed by atoms with Crippen LogP contribution in [0.2, 0.25) is 0 Å². The first-order valence-corrected chi connectivity index (χ1v) is 7.29. The van der Waals surface area contributed by atoms with Crippen LogP contribution in [0.1, 0.15) is 12.5 Å². The molecule has 2 aromatic rings. The van der Waals surface area contributed by atoms with Crippen molar-refractivity contribution in [3.63, 3.8) is 0 Å². The highest BCUT2D eigenvalue weighted by molar-refractivity contribution is 5.77. The third-order valence-electron chi connectivity index (χ3n) is 3.34. The fourth-order valence-electron chi connectivity index (χ4n) is 2.10. The molecule has 2 aromatic carbocycles. The Morgan fingerprint density at radius 3 is 2.57 bits per heavy atom. The van der Waals surface area contributed by atoms with Crippen molar-refractivity contribution in [2.45, 2.75) is 13.5 Å². The predicted molar refractivity (Wildman–Crippen MR) is 86.1 cm³/mol. The van der Waals surface area contributed by atoms with Crippen molar-refractivity contribution < 1.29 is 14.5 Å². The molecule has 0 saturated heterocycles. The molecule has 2 rings (SSSR count). The molecule has 6 heteroatoms. The lowest BCUT2D eigenvalue weighted by molar-refractivity contribution is -0.384. The zero-order chi connectivity index (χ0) is 16.7. The fourth-order valence-corrected chi connectivity index (χ4v) is 2.10. The third kappa shape index (κ3) is 4.81. The quantitative estimate of drug-likeness (QED) is 0.581. The second-order valence-electron chi connectivity index (χ2n) is 4.94. The van der Waals surface area contributed by atoms with E-state index >= 15 is 0 Å². The number of ether oxygens (including phenoxy) is 1. The Labute approximate surface area is 134 Å². The van der Waals surface area contributed by atoms with Gasteiger partial charge in [0.2, 0.25) is 0 Å². The van der Waals surface area contributed by atoms with Gasteiger partial charge >= 0.3 is 0 Å². The van der Waals surface area contributed by atoms with Gasteiger partial charge in [0.25, 0.3) is 11.6 Å². The summed E-state index contributed by atoms with van der Waals surface area (Å²) >= 11 is 0. The first-order valence-electron chi connectivity index (χ1n) is 7.29. The van der Waals surface area contributed by atoms with E-state index in [2.05, 4.69) is 0 Å². The number of nitro benzene ring substituents is 1. The number of hydrogen-bond donors (Lipinski definition) is 0. The van der Waals surface area contributed by atoms with E-state index < -0.39 is 4.92 Å². The van der Waals surface area contributed by atoms with E-state index in [1.54, 1.807) is 11.0 Å². The van der Waals surface area contributed by atoms with Crippen molar-refractivity contribution in [2.75, 3.05) is 13.2 Å². The molecule has 0 saturated carbocycles. The zero-order valence-corrected chi connectivity index (χ0v) is 12.8. The van der Waals surface area contributed by atoms with Gasteiger partial charge < -0.3 is 9.64 Å². The average molecular weight is 314 g/mol. The number of hydrogen-bond acceptors (Lipinski definition) is 4. The topological polar surface area (TPSA) is 72.7 Å². The van der Waals surface area contributed by atoms with Gasteiger partial charge in [-0.05, 0) is 18.6 Å². The van der Waals surface area contributed by atoms with Crippen LogP contribution < -0.4 is 4.74 Å². The lowest BCUT2D eigenvalue weighted by Gasteiger charge is -2.21. The van der Waals surface area contributed by atoms with Crippen LogP contribution in [0.15, 0.2) is 54.6 Å². The van der Waals surface area contributed by atoms with Gasteiger partial charge in [-0.3, -0.25) is 14.9 Å². The van der Waals surface area contributed by atoms with Crippen molar-refractivity contribution in [3.05, 3.63) is 70.3 Å². The van der Waals surface area contributed by atoms with E-state index in [4.69, 9.17) is 4.74 Å². The van der Waals surface area contributed by atoms with Crippen LogP contribution in [0.3, 0.4) is 0 Å². The number of non-ortho nitro benzene ring substituents is 1. The normalized spacial score (nSPS) is 10.1. The minimum Gasteiger partial charge on any atom is -0.484 e. The second kappa shape index (κ2) is 7.93. The number of rotatable bonds is 7. The van der Waals surface area contributed by atoms with E-state index in [-0.39, 0.29) is 18.2 Å². The van der Waals surface area contributed by atoms with E-state index in [1.807, 2.05) is 37.3 Å². The molecule has 0 radical (unpaired) electrons. The van der Waals surface area contributed by atoms with Crippen molar-refractivity contribution in [2.24, 2.45) is 0 Å². The molecule has 0 fully saturated rings. The summed E-state index contributed by atoms with van der Waals surface area (Å²) in [7, 11) is 0. The van der Waals surface area contributed by atoms with Gasteiger partial charge in [-0.1, -0.05) is 36.4 Å². The van der Waals surface area contributed by atoms with Crippen LogP contribution in [0, 0.1) is 10.1 Å². The number of nitrogens with zero attached hydrogens (tertiary/aromatic N) is 2. The molecule has 0 spiro atoms. The largest absolute Gasteiger partial charge is 0.484 e. The number of benzene rings is 2. The number of carbonyl (C=O) groups is 1. The molecule has 0 aliphatic carbocycles. The van der Waals surface area contributed by atoms with Crippen molar-refractivity contribution >= 4 is 11.6 Å². The van der Waals surface area contributed by atoms with Gasteiger partial charge in [0.15, 0.2) is 6.61 Å². The Morgan fingerprint density at radius 1 is 1.17 bits per heavy atom. The second-order valence-corrected chi connectivity index (χ2v) is 4.94. The molecule has 0 aromatic heterocycles. The highest BCUT2D eigenvalue weighted by Crippen LogP contribution is 2.19. The fraction of sp³-hybridized carbons (Fsp3) is 0.235. The molecule has 0 aliphatic rings. The highest BCUT2D eigenvalue weighted by atomic mass is 16.6. The minimum absolute atomic E-state index is 0.0633. The molecule has 6 nitrogen and oxygen atoms in total. The van der Waals surface area contributed by atoms with Crippen LogP contribution in [-0.2, 0) is 11.3 Å². The number of carbonyl (C=O) groups excluding carboxylic acids is 1. The summed E-state index contributed by atoms with van der Waals surface area (Å²) in [5, 5.41) is 10.7. The lowest BCUT2D eigenvalue weighted by Crippen LogP contribution is -2.34. The molecule has 23 heavy (non-hydrogen) atoms. The van der Waals surface area contributed by atoms with Crippen LogP contribution in [-0.4, -0.2) is 28.9 Å². The third-order valence-corrected chi connectivity index (χ3v) is 3.34. The van der Waals surface area contributed by atoms with Crippen molar-refractivity contribution in [1.29, 1.82) is 0 Å². The Balaban J connectivity index is 1.94. The Bertz CT molecular complexity index is 673. The average Bonchev–Trinajstić information content (AvgIpc) is 2.58. The number of nitro groups is 1. The maximum absolute atomic E-state index is 12.2. The molecule has 120 valence electrons. The molecule has 0 bridgehead atoms. The summed E-state index contributed by atoms with van der Waals surface area (Å²) < 4.78 is 5.38. The van der Waals surface area contributed by atoms with Crippen LogP contribution in [0.5, 0.6) is 5.75 Å². The molecule has 0 heterocycles. The molecule has 0 atom stereocenters. The van der Waals surface area contributed by atoms with Gasteiger partial charge in [0, 0.05) is 19.2 Å². The van der Waals surface area contributed by atoms with Gasteiger partial charge in [-0.15, -0.1) is 0 Å². The molecule has 1 amide bonds. The minimum atomic E-state index is -0.498. The molecular formula is C17H18N2O4. The van der Waals surface area contributed by atoms with Gasteiger partial charge in [-0.2, -0.15) is 0 Å². The maximum atomic E-state index is 12.2. The summed E-state index contributed by atoms with van der Waals surface area (Å²) in [5.41, 5.74) is 0.977. The predicted octanol–water partition coefficient (Wildman–Crippen LogP) is 3.02. The summed E-state index contributed by atoms with van der Waals surface area (Å²) in [6, 6.07) is 15.5. The molecule has 0 unspecified atom stereocenters.